The Kier molecular flexibility index (Phi) is 3.43. The van der Waals surface area contributed by atoms with Gasteiger partial charge in [-0.25, -0.2) is 0 Å². The lowest BCUT2D eigenvalue weighted by Crippen LogP contribution is -2.38. The molecule has 0 amide bonds. The summed E-state index contributed by atoms with van der Waals surface area (Å²) in [7, 11) is 0. The molecule has 1 aliphatic carbocycles. The molecular formula is C12H20O4. The molecule has 1 saturated carbocycles. The second-order valence-corrected chi connectivity index (χ2v) is 4.83. The smallest absolute Gasteiger partial charge is 0.161 e. The largest absolute Gasteiger partial charge is 0.350 e. The van der Waals surface area contributed by atoms with Gasteiger partial charge in [-0.2, -0.15) is 0 Å². The van der Waals surface area contributed by atoms with Crippen molar-refractivity contribution >= 4 is 0 Å². The topological polar surface area (TPSA) is 36.9 Å². The molecule has 4 nitrogen and oxygen atoms in total. The molecule has 2 atom stereocenters. The van der Waals surface area contributed by atoms with Crippen molar-refractivity contribution in [2.75, 3.05) is 26.4 Å². The van der Waals surface area contributed by atoms with Crippen molar-refractivity contribution in [3.8, 4) is 0 Å². The molecule has 0 aromatic heterocycles. The van der Waals surface area contributed by atoms with Crippen LogP contribution in [0.3, 0.4) is 0 Å². The number of hydrogen-bond acceptors (Lipinski definition) is 4. The minimum absolute atomic E-state index is 0.0156. The van der Waals surface area contributed by atoms with Crippen molar-refractivity contribution in [3.63, 3.8) is 0 Å². The normalized spacial score (nSPS) is 38.2. The van der Waals surface area contributed by atoms with Crippen LogP contribution in [0.4, 0.5) is 0 Å². The van der Waals surface area contributed by atoms with Crippen LogP contribution in [0.5, 0.6) is 0 Å². The summed E-state index contributed by atoms with van der Waals surface area (Å²) in [6.07, 6.45) is 4.88. The Balaban J connectivity index is 1.67. The molecule has 0 radical (unpaired) electrons. The van der Waals surface area contributed by atoms with Crippen molar-refractivity contribution in [2.45, 2.75) is 38.3 Å². The highest BCUT2D eigenvalue weighted by atomic mass is 16.7. The first-order valence-electron chi connectivity index (χ1n) is 6.41. The van der Waals surface area contributed by atoms with Crippen LogP contribution in [0.25, 0.3) is 0 Å². The zero-order valence-electron chi connectivity index (χ0n) is 9.60. The average Bonchev–Trinajstić information content (AvgIpc) is 3.03. The van der Waals surface area contributed by atoms with Gasteiger partial charge in [0, 0.05) is 11.8 Å². The van der Waals surface area contributed by atoms with Crippen LogP contribution < -0.4 is 0 Å². The molecule has 0 N–H and O–H groups in total. The van der Waals surface area contributed by atoms with Gasteiger partial charge < -0.3 is 18.9 Å². The van der Waals surface area contributed by atoms with E-state index in [0.29, 0.717) is 11.8 Å². The summed E-state index contributed by atoms with van der Waals surface area (Å²) in [5.41, 5.74) is 0. The van der Waals surface area contributed by atoms with Gasteiger partial charge in [-0.05, 0) is 12.8 Å². The SMILES string of the molecule is C1CCC(C2OCCO2)C(C2OCCO2)C1. The zero-order chi connectivity index (χ0) is 10.8. The highest BCUT2D eigenvalue weighted by Crippen LogP contribution is 2.39. The second-order valence-electron chi connectivity index (χ2n) is 4.83. The van der Waals surface area contributed by atoms with E-state index in [9.17, 15) is 0 Å². The molecule has 0 aromatic rings. The fraction of sp³-hybridized carbons (Fsp3) is 1.00. The second kappa shape index (κ2) is 5.00. The zero-order valence-corrected chi connectivity index (χ0v) is 9.60. The van der Waals surface area contributed by atoms with Gasteiger partial charge in [-0.15, -0.1) is 0 Å². The van der Waals surface area contributed by atoms with E-state index in [1.54, 1.807) is 0 Å². The predicted octanol–water partition coefficient (Wildman–Crippen LogP) is 1.54. The molecule has 2 heterocycles. The molecule has 0 bridgehead atoms. The third kappa shape index (κ3) is 2.12. The van der Waals surface area contributed by atoms with Crippen molar-refractivity contribution in [3.05, 3.63) is 0 Å². The third-order valence-electron chi connectivity index (χ3n) is 3.87. The fourth-order valence-electron chi connectivity index (χ4n) is 3.11. The standard InChI is InChI=1S/C12H20O4/c1-2-4-10(12-15-7-8-16-12)9(3-1)11-13-5-6-14-11/h9-12H,1-8H2. The van der Waals surface area contributed by atoms with E-state index in [0.717, 1.165) is 26.4 Å². The highest BCUT2D eigenvalue weighted by molar-refractivity contribution is 4.82. The van der Waals surface area contributed by atoms with E-state index in [1.807, 2.05) is 0 Å². The van der Waals surface area contributed by atoms with Crippen LogP contribution in [-0.4, -0.2) is 39.0 Å². The minimum atomic E-state index is -0.0156. The van der Waals surface area contributed by atoms with Crippen LogP contribution in [-0.2, 0) is 18.9 Å². The molecule has 2 saturated heterocycles. The van der Waals surface area contributed by atoms with Crippen molar-refractivity contribution < 1.29 is 18.9 Å². The quantitative estimate of drug-likeness (QED) is 0.718. The molecule has 3 aliphatic rings. The molecule has 16 heavy (non-hydrogen) atoms. The van der Waals surface area contributed by atoms with E-state index in [1.165, 1.54) is 25.7 Å². The first-order valence-corrected chi connectivity index (χ1v) is 6.41. The van der Waals surface area contributed by atoms with E-state index in [2.05, 4.69) is 0 Å². The predicted molar refractivity (Wildman–Crippen MR) is 56.8 cm³/mol. The van der Waals surface area contributed by atoms with E-state index in [-0.39, 0.29) is 12.6 Å². The third-order valence-corrected chi connectivity index (χ3v) is 3.87. The molecule has 0 spiro atoms. The molecule has 2 unspecified atom stereocenters. The van der Waals surface area contributed by atoms with Gasteiger partial charge in [0.25, 0.3) is 0 Å². The monoisotopic (exact) mass is 228 g/mol. The highest BCUT2D eigenvalue weighted by Gasteiger charge is 2.41. The summed E-state index contributed by atoms with van der Waals surface area (Å²) in [6, 6.07) is 0. The van der Waals surface area contributed by atoms with Gasteiger partial charge in [0.2, 0.25) is 0 Å². The lowest BCUT2D eigenvalue weighted by atomic mass is 9.78. The summed E-state index contributed by atoms with van der Waals surface area (Å²) in [4.78, 5) is 0. The molecule has 0 aromatic carbocycles. The van der Waals surface area contributed by atoms with E-state index >= 15 is 0 Å². The lowest BCUT2D eigenvalue weighted by molar-refractivity contribution is -0.167. The fourth-order valence-corrected chi connectivity index (χ4v) is 3.11. The summed E-state index contributed by atoms with van der Waals surface area (Å²) in [5, 5.41) is 0. The number of rotatable bonds is 2. The molecular weight excluding hydrogens is 208 g/mol. The van der Waals surface area contributed by atoms with Gasteiger partial charge in [0.05, 0.1) is 26.4 Å². The Labute approximate surface area is 96.2 Å². The van der Waals surface area contributed by atoms with Crippen molar-refractivity contribution in [1.29, 1.82) is 0 Å². The maximum absolute atomic E-state index is 5.65. The number of hydrogen-bond donors (Lipinski definition) is 0. The summed E-state index contributed by atoms with van der Waals surface area (Å²) < 4.78 is 22.6. The molecule has 4 heteroatoms. The molecule has 3 fully saturated rings. The van der Waals surface area contributed by atoms with Crippen molar-refractivity contribution in [2.24, 2.45) is 11.8 Å². The number of ether oxygens (including phenoxy) is 4. The average molecular weight is 228 g/mol. The van der Waals surface area contributed by atoms with Gasteiger partial charge in [0.1, 0.15) is 0 Å². The summed E-state index contributed by atoms with van der Waals surface area (Å²) in [5.74, 6) is 0.915. The van der Waals surface area contributed by atoms with E-state index in [4.69, 9.17) is 18.9 Å². The van der Waals surface area contributed by atoms with Crippen LogP contribution in [0.1, 0.15) is 25.7 Å². The Hall–Kier alpha value is -0.160. The first-order chi connectivity index (χ1) is 7.95. The molecule has 3 rings (SSSR count). The minimum Gasteiger partial charge on any atom is -0.350 e. The first kappa shape index (κ1) is 11.0. The van der Waals surface area contributed by atoms with Crippen LogP contribution in [0.2, 0.25) is 0 Å². The van der Waals surface area contributed by atoms with E-state index < -0.39 is 0 Å². The lowest BCUT2D eigenvalue weighted by Gasteiger charge is -2.36. The van der Waals surface area contributed by atoms with Crippen LogP contribution in [0.15, 0.2) is 0 Å². The van der Waals surface area contributed by atoms with Gasteiger partial charge in [0.15, 0.2) is 12.6 Å². The Morgan fingerprint density at radius 1 is 0.562 bits per heavy atom. The maximum atomic E-state index is 5.65. The Bertz CT molecular complexity index is 197. The van der Waals surface area contributed by atoms with Crippen molar-refractivity contribution in [1.82, 2.24) is 0 Å². The van der Waals surface area contributed by atoms with Crippen LogP contribution >= 0.6 is 0 Å². The summed E-state index contributed by atoms with van der Waals surface area (Å²) in [6.45, 7) is 2.95. The maximum Gasteiger partial charge on any atom is 0.161 e. The Morgan fingerprint density at radius 3 is 1.31 bits per heavy atom. The van der Waals surface area contributed by atoms with Gasteiger partial charge in [-0.3, -0.25) is 0 Å². The van der Waals surface area contributed by atoms with Gasteiger partial charge in [-0.1, -0.05) is 12.8 Å². The van der Waals surface area contributed by atoms with Crippen LogP contribution in [0, 0.1) is 11.8 Å². The molecule has 92 valence electrons. The van der Waals surface area contributed by atoms with Gasteiger partial charge >= 0.3 is 0 Å². The summed E-state index contributed by atoms with van der Waals surface area (Å²) >= 11 is 0. The Morgan fingerprint density at radius 2 is 0.938 bits per heavy atom. The molecule has 2 aliphatic heterocycles.